The lowest BCUT2D eigenvalue weighted by Crippen LogP contribution is -2.54. The number of amides is 2. The molecule has 0 heterocycles. The molecule has 9 heteroatoms. The molecule has 0 fully saturated rings. The summed E-state index contributed by atoms with van der Waals surface area (Å²) in [5, 5.41) is 2.94. The van der Waals surface area contributed by atoms with Crippen LogP contribution in [0.2, 0.25) is 0 Å². The smallest absolute Gasteiger partial charge is 0.264 e. The molecule has 42 heavy (non-hydrogen) atoms. The second-order valence-corrected chi connectivity index (χ2v) is 13.7. The third-order valence-corrected chi connectivity index (χ3v) is 8.70. The van der Waals surface area contributed by atoms with Crippen LogP contribution in [0, 0.1) is 6.92 Å². The molecule has 0 spiro atoms. The normalized spacial score (nSPS) is 12.5. The van der Waals surface area contributed by atoms with E-state index in [2.05, 4.69) is 19.2 Å². The molecule has 1 atom stereocenters. The van der Waals surface area contributed by atoms with Gasteiger partial charge in [0.2, 0.25) is 11.8 Å². The highest BCUT2D eigenvalue weighted by molar-refractivity contribution is 7.92. The third-order valence-electron chi connectivity index (χ3n) is 6.91. The number of rotatable bonds is 11. The Hall–Kier alpha value is -3.85. The SMILES string of the molecule is COc1ccc(CN(C(=O)CN(c2ccc(C(C)C)cc2)S(=O)(=O)c2ccc(C)cc2)[C@H](C)C(=O)NC(C)(C)C)cc1. The van der Waals surface area contributed by atoms with Crippen molar-refractivity contribution in [2.24, 2.45) is 0 Å². The fourth-order valence-electron chi connectivity index (χ4n) is 4.38. The van der Waals surface area contributed by atoms with E-state index in [0.29, 0.717) is 11.4 Å². The summed E-state index contributed by atoms with van der Waals surface area (Å²) in [6.45, 7) is 12.9. The van der Waals surface area contributed by atoms with Gasteiger partial charge in [0, 0.05) is 12.1 Å². The minimum Gasteiger partial charge on any atom is -0.497 e. The van der Waals surface area contributed by atoms with Crippen LogP contribution in [0.5, 0.6) is 5.75 Å². The highest BCUT2D eigenvalue weighted by Gasteiger charge is 2.33. The van der Waals surface area contributed by atoms with E-state index in [4.69, 9.17) is 4.74 Å². The monoisotopic (exact) mass is 593 g/mol. The second kappa shape index (κ2) is 13.4. The van der Waals surface area contributed by atoms with Gasteiger partial charge >= 0.3 is 0 Å². The molecule has 0 aromatic heterocycles. The number of sulfonamides is 1. The van der Waals surface area contributed by atoms with E-state index in [1.165, 1.54) is 4.90 Å². The Labute approximate surface area is 250 Å². The summed E-state index contributed by atoms with van der Waals surface area (Å²) in [4.78, 5) is 28.8. The third kappa shape index (κ3) is 8.35. The highest BCUT2D eigenvalue weighted by Crippen LogP contribution is 2.27. The molecular formula is C33H43N3O5S. The number of carbonyl (C=O) groups is 2. The molecule has 226 valence electrons. The lowest BCUT2D eigenvalue weighted by atomic mass is 10.0. The number of methoxy groups -OCH3 is 1. The van der Waals surface area contributed by atoms with Crippen molar-refractivity contribution in [1.29, 1.82) is 0 Å². The maximum atomic E-state index is 14.1. The average Bonchev–Trinajstić information content (AvgIpc) is 2.93. The highest BCUT2D eigenvalue weighted by atomic mass is 32.2. The lowest BCUT2D eigenvalue weighted by molar-refractivity contribution is -0.140. The van der Waals surface area contributed by atoms with Gasteiger partial charge in [-0.25, -0.2) is 8.42 Å². The fraction of sp³-hybridized carbons (Fsp3) is 0.394. The number of hydrogen-bond donors (Lipinski definition) is 1. The predicted molar refractivity (Wildman–Crippen MR) is 167 cm³/mol. The van der Waals surface area contributed by atoms with E-state index in [9.17, 15) is 18.0 Å². The molecule has 0 unspecified atom stereocenters. The van der Waals surface area contributed by atoms with Gasteiger partial charge in [-0.3, -0.25) is 13.9 Å². The van der Waals surface area contributed by atoms with Crippen molar-refractivity contribution in [3.05, 3.63) is 89.5 Å². The Morgan fingerprint density at radius 2 is 1.45 bits per heavy atom. The summed E-state index contributed by atoms with van der Waals surface area (Å²) in [6, 6.07) is 20.0. The Morgan fingerprint density at radius 3 is 1.95 bits per heavy atom. The summed E-state index contributed by atoms with van der Waals surface area (Å²) in [7, 11) is -2.55. The molecular weight excluding hydrogens is 550 g/mol. The van der Waals surface area contributed by atoms with Gasteiger partial charge in [-0.1, -0.05) is 55.8 Å². The molecule has 1 N–H and O–H groups in total. The van der Waals surface area contributed by atoms with Crippen molar-refractivity contribution < 1.29 is 22.7 Å². The van der Waals surface area contributed by atoms with Crippen molar-refractivity contribution >= 4 is 27.5 Å². The molecule has 8 nitrogen and oxygen atoms in total. The molecule has 0 saturated heterocycles. The number of ether oxygens (including phenoxy) is 1. The lowest BCUT2D eigenvalue weighted by Gasteiger charge is -2.33. The van der Waals surface area contributed by atoms with Crippen LogP contribution in [0.15, 0.2) is 77.7 Å². The van der Waals surface area contributed by atoms with E-state index in [1.54, 1.807) is 62.6 Å². The Kier molecular flexibility index (Phi) is 10.4. The fourth-order valence-corrected chi connectivity index (χ4v) is 5.79. The summed E-state index contributed by atoms with van der Waals surface area (Å²) in [5.74, 6) is 0.0740. The molecule has 3 rings (SSSR count). The minimum absolute atomic E-state index is 0.0778. The quantitative estimate of drug-likeness (QED) is 0.310. The largest absolute Gasteiger partial charge is 0.497 e. The Balaban J connectivity index is 2.05. The summed E-state index contributed by atoms with van der Waals surface area (Å²) in [6.07, 6.45) is 0. The van der Waals surface area contributed by atoms with E-state index >= 15 is 0 Å². The van der Waals surface area contributed by atoms with Gasteiger partial charge in [-0.15, -0.1) is 0 Å². The zero-order valence-electron chi connectivity index (χ0n) is 25.8. The van der Waals surface area contributed by atoms with Gasteiger partial charge < -0.3 is 15.0 Å². The van der Waals surface area contributed by atoms with Gasteiger partial charge in [-0.2, -0.15) is 0 Å². The first kappa shape index (κ1) is 32.7. The van der Waals surface area contributed by atoms with Crippen molar-refractivity contribution in [2.75, 3.05) is 18.0 Å². The standard InChI is InChI=1S/C33H43N3O5S/c1-23(2)27-13-15-28(16-14-27)36(42(39,40)30-19-9-24(3)10-20-30)22-31(37)35(25(4)32(38)34-33(5,6)7)21-26-11-17-29(41-8)18-12-26/h9-20,23,25H,21-22H2,1-8H3,(H,34,38)/t25-/m1/s1. The van der Waals surface area contributed by atoms with Crippen LogP contribution >= 0.6 is 0 Å². The van der Waals surface area contributed by atoms with Crippen LogP contribution in [-0.2, 0) is 26.2 Å². The van der Waals surface area contributed by atoms with Crippen LogP contribution in [0.4, 0.5) is 5.69 Å². The maximum absolute atomic E-state index is 14.1. The molecule has 3 aromatic carbocycles. The number of hydrogen-bond acceptors (Lipinski definition) is 5. The predicted octanol–water partition coefficient (Wildman–Crippen LogP) is 5.65. The summed E-state index contributed by atoms with van der Waals surface area (Å²) < 4.78 is 34.4. The first-order chi connectivity index (χ1) is 19.6. The summed E-state index contributed by atoms with van der Waals surface area (Å²) >= 11 is 0. The molecule has 0 aliphatic carbocycles. The maximum Gasteiger partial charge on any atom is 0.264 e. The zero-order valence-corrected chi connectivity index (χ0v) is 26.7. The van der Waals surface area contributed by atoms with E-state index in [0.717, 1.165) is 21.0 Å². The first-order valence-electron chi connectivity index (χ1n) is 14.1. The average molecular weight is 594 g/mol. The molecule has 0 aliphatic heterocycles. The molecule has 0 bridgehead atoms. The van der Waals surface area contributed by atoms with Gasteiger partial charge in [0.25, 0.3) is 10.0 Å². The molecule has 0 saturated carbocycles. The van der Waals surface area contributed by atoms with E-state index in [1.807, 2.05) is 52.0 Å². The minimum atomic E-state index is -4.12. The van der Waals surface area contributed by atoms with Gasteiger partial charge in [0.05, 0.1) is 17.7 Å². The Bertz CT molecular complexity index is 1460. The van der Waals surface area contributed by atoms with Crippen LogP contribution in [0.1, 0.15) is 64.2 Å². The summed E-state index contributed by atoms with van der Waals surface area (Å²) in [5.41, 5.74) is 2.59. The van der Waals surface area contributed by atoms with Gasteiger partial charge in [0.15, 0.2) is 0 Å². The van der Waals surface area contributed by atoms with Crippen LogP contribution in [-0.4, -0.2) is 50.4 Å². The van der Waals surface area contributed by atoms with Crippen molar-refractivity contribution in [2.45, 2.75) is 77.4 Å². The number of nitrogens with zero attached hydrogens (tertiary/aromatic N) is 2. The first-order valence-corrected chi connectivity index (χ1v) is 15.5. The Morgan fingerprint density at radius 1 is 0.881 bits per heavy atom. The number of nitrogens with one attached hydrogen (secondary N) is 1. The zero-order chi connectivity index (χ0) is 31.2. The molecule has 0 aliphatic rings. The van der Waals surface area contributed by atoms with Crippen LogP contribution in [0.3, 0.4) is 0 Å². The number of aryl methyl sites for hydroxylation is 1. The second-order valence-electron chi connectivity index (χ2n) is 11.9. The van der Waals surface area contributed by atoms with Crippen LogP contribution in [0.25, 0.3) is 0 Å². The van der Waals surface area contributed by atoms with Crippen molar-refractivity contribution in [1.82, 2.24) is 10.2 Å². The molecule has 0 radical (unpaired) electrons. The number of benzene rings is 3. The molecule has 3 aromatic rings. The van der Waals surface area contributed by atoms with Gasteiger partial charge in [-0.05, 0) is 88.1 Å². The van der Waals surface area contributed by atoms with Crippen molar-refractivity contribution in [3.8, 4) is 5.75 Å². The number of anilines is 1. The topological polar surface area (TPSA) is 96.0 Å². The number of carbonyl (C=O) groups excluding carboxylic acids is 2. The van der Waals surface area contributed by atoms with Crippen LogP contribution < -0.4 is 14.4 Å². The van der Waals surface area contributed by atoms with E-state index in [-0.39, 0.29) is 23.3 Å². The van der Waals surface area contributed by atoms with Crippen molar-refractivity contribution in [3.63, 3.8) is 0 Å². The van der Waals surface area contributed by atoms with Gasteiger partial charge in [0.1, 0.15) is 18.3 Å². The molecule has 2 amide bonds. The van der Waals surface area contributed by atoms with E-state index < -0.39 is 34.1 Å².